The highest BCUT2D eigenvalue weighted by Crippen LogP contribution is 2.22. The summed E-state index contributed by atoms with van der Waals surface area (Å²) in [5.41, 5.74) is 0. The van der Waals surface area contributed by atoms with Gasteiger partial charge in [-0.2, -0.15) is 0 Å². The zero-order chi connectivity index (χ0) is 11.5. The Labute approximate surface area is 102 Å². The number of hydrogen-bond acceptors (Lipinski definition) is 1. The van der Waals surface area contributed by atoms with E-state index in [4.69, 9.17) is 5.11 Å². The van der Waals surface area contributed by atoms with Crippen LogP contribution in [0.5, 0.6) is 0 Å². The van der Waals surface area contributed by atoms with Crippen molar-refractivity contribution in [3.05, 3.63) is 0 Å². The first kappa shape index (κ1) is 14.0. The molecule has 0 atom stereocenters. The van der Waals surface area contributed by atoms with Crippen molar-refractivity contribution in [3.63, 3.8) is 0 Å². The Morgan fingerprint density at radius 1 is 0.625 bits per heavy atom. The van der Waals surface area contributed by atoms with Crippen molar-refractivity contribution in [2.45, 2.75) is 83.5 Å². The van der Waals surface area contributed by atoms with Crippen molar-refractivity contribution in [2.75, 3.05) is 6.61 Å². The topological polar surface area (TPSA) is 20.2 Å². The molecule has 1 heteroatoms. The molecule has 0 amide bonds. The van der Waals surface area contributed by atoms with Gasteiger partial charge in [0.05, 0.1) is 0 Å². The highest BCUT2D eigenvalue weighted by atomic mass is 16.3. The van der Waals surface area contributed by atoms with E-state index in [0.29, 0.717) is 6.61 Å². The largest absolute Gasteiger partial charge is 0.396 e. The summed E-state index contributed by atoms with van der Waals surface area (Å²) in [5.74, 6) is 0.811. The van der Waals surface area contributed by atoms with Gasteiger partial charge in [-0.25, -0.2) is 0 Å². The van der Waals surface area contributed by atoms with Gasteiger partial charge in [-0.1, -0.05) is 77.0 Å². The van der Waals surface area contributed by atoms with Gasteiger partial charge in [0.15, 0.2) is 0 Å². The molecule has 1 rings (SSSR count). The second-order valence-corrected chi connectivity index (χ2v) is 5.49. The molecule has 1 aliphatic rings. The first-order valence-electron chi connectivity index (χ1n) is 7.54. The van der Waals surface area contributed by atoms with E-state index < -0.39 is 0 Å². The quantitative estimate of drug-likeness (QED) is 0.725. The van der Waals surface area contributed by atoms with E-state index in [1.807, 2.05) is 0 Å². The van der Waals surface area contributed by atoms with Crippen LogP contribution >= 0.6 is 0 Å². The summed E-state index contributed by atoms with van der Waals surface area (Å²) < 4.78 is 0. The lowest BCUT2D eigenvalue weighted by Crippen LogP contribution is -2.03. The molecular weight excluding hydrogens is 196 g/mol. The second-order valence-electron chi connectivity index (χ2n) is 5.49. The maximum absolute atomic E-state index is 9.05. The number of aliphatic hydroxyl groups excluding tert-OH is 1. The predicted molar refractivity (Wildman–Crippen MR) is 70.6 cm³/mol. The summed E-state index contributed by atoms with van der Waals surface area (Å²) in [4.78, 5) is 0. The SMILES string of the molecule is OCCC1CCCCCCCCCCCC1. The van der Waals surface area contributed by atoms with Crippen molar-refractivity contribution < 1.29 is 5.11 Å². The highest BCUT2D eigenvalue weighted by Gasteiger charge is 2.08. The molecule has 16 heavy (non-hydrogen) atoms. The predicted octanol–water partition coefficient (Wildman–Crippen LogP) is 4.68. The first-order valence-corrected chi connectivity index (χ1v) is 7.54. The lowest BCUT2D eigenvalue weighted by molar-refractivity contribution is 0.241. The molecule has 0 aliphatic heterocycles. The summed E-state index contributed by atoms with van der Waals surface area (Å²) >= 11 is 0. The van der Waals surface area contributed by atoms with Gasteiger partial charge in [-0.15, -0.1) is 0 Å². The zero-order valence-electron chi connectivity index (χ0n) is 10.9. The molecule has 1 N–H and O–H groups in total. The normalized spacial score (nSPS) is 23.1. The Morgan fingerprint density at radius 3 is 1.38 bits per heavy atom. The number of rotatable bonds is 2. The second kappa shape index (κ2) is 10.1. The van der Waals surface area contributed by atoms with Gasteiger partial charge in [-0.05, 0) is 12.3 Å². The molecule has 0 spiro atoms. The van der Waals surface area contributed by atoms with E-state index in [9.17, 15) is 0 Å². The van der Waals surface area contributed by atoms with Gasteiger partial charge in [0.1, 0.15) is 0 Å². The fourth-order valence-electron chi connectivity index (χ4n) is 2.90. The van der Waals surface area contributed by atoms with Crippen LogP contribution in [0.3, 0.4) is 0 Å². The molecule has 0 heterocycles. The fourth-order valence-corrected chi connectivity index (χ4v) is 2.90. The van der Waals surface area contributed by atoms with Crippen molar-refractivity contribution in [2.24, 2.45) is 5.92 Å². The van der Waals surface area contributed by atoms with Crippen LogP contribution in [0, 0.1) is 5.92 Å². The standard InChI is InChI=1S/C15H30O/c16-14-13-15-11-9-7-5-3-1-2-4-6-8-10-12-15/h15-16H,1-14H2. The summed E-state index contributed by atoms with van der Waals surface area (Å²) in [5, 5.41) is 9.05. The molecule has 0 radical (unpaired) electrons. The third-order valence-corrected chi connectivity index (χ3v) is 4.01. The monoisotopic (exact) mass is 226 g/mol. The minimum absolute atomic E-state index is 0.394. The van der Waals surface area contributed by atoms with E-state index in [0.717, 1.165) is 12.3 Å². The molecule has 0 aromatic heterocycles. The van der Waals surface area contributed by atoms with Gasteiger partial charge in [-0.3, -0.25) is 0 Å². The lowest BCUT2D eigenvalue weighted by atomic mass is 9.92. The van der Waals surface area contributed by atoms with Gasteiger partial charge in [0.2, 0.25) is 0 Å². The number of aliphatic hydroxyl groups is 1. The Hall–Kier alpha value is -0.0400. The Kier molecular flexibility index (Phi) is 8.88. The lowest BCUT2D eigenvalue weighted by Gasteiger charge is -2.15. The third-order valence-electron chi connectivity index (χ3n) is 4.01. The van der Waals surface area contributed by atoms with Gasteiger partial charge >= 0.3 is 0 Å². The van der Waals surface area contributed by atoms with Crippen LogP contribution in [-0.2, 0) is 0 Å². The van der Waals surface area contributed by atoms with Crippen molar-refractivity contribution in [1.82, 2.24) is 0 Å². The highest BCUT2D eigenvalue weighted by molar-refractivity contribution is 4.61. The smallest absolute Gasteiger partial charge is 0.0433 e. The molecule has 1 saturated carbocycles. The van der Waals surface area contributed by atoms with E-state index in [1.54, 1.807) is 0 Å². The summed E-state index contributed by atoms with van der Waals surface area (Å²) in [6.45, 7) is 0.394. The van der Waals surface area contributed by atoms with E-state index in [2.05, 4.69) is 0 Å². The van der Waals surface area contributed by atoms with E-state index in [-0.39, 0.29) is 0 Å². The van der Waals surface area contributed by atoms with Crippen molar-refractivity contribution >= 4 is 0 Å². The van der Waals surface area contributed by atoms with Gasteiger partial charge in [0, 0.05) is 6.61 Å². The Bertz CT molecular complexity index is 130. The van der Waals surface area contributed by atoms with E-state index in [1.165, 1.54) is 77.0 Å². The third kappa shape index (κ3) is 7.27. The zero-order valence-corrected chi connectivity index (χ0v) is 10.9. The minimum Gasteiger partial charge on any atom is -0.396 e. The van der Waals surface area contributed by atoms with Crippen LogP contribution in [0.2, 0.25) is 0 Å². The molecule has 96 valence electrons. The molecule has 0 unspecified atom stereocenters. The average Bonchev–Trinajstić information content (AvgIpc) is 2.31. The van der Waals surface area contributed by atoms with Crippen LogP contribution < -0.4 is 0 Å². The summed E-state index contributed by atoms with van der Waals surface area (Å²) in [7, 11) is 0. The molecule has 1 fully saturated rings. The molecule has 1 nitrogen and oxygen atoms in total. The van der Waals surface area contributed by atoms with Gasteiger partial charge < -0.3 is 5.11 Å². The van der Waals surface area contributed by atoms with E-state index >= 15 is 0 Å². The van der Waals surface area contributed by atoms with Crippen LogP contribution in [0.4, 0.5) is 0 Å². The molecule has 0 aromatic carbocycles. The molecule has 0 bridgehead atoms. The fraction of sp³-hybridized carbons (Fsp3) is 1.00. The molecule has 1 aliphatic carbocycles. The van der Waals surface area contributed by atoms with Crippen LogP contribution in [0.25, 0.3) is 0 Å². The van der Waals surface area contributed by atoms with Crippen LogP contribution in [0.15, 0.2) is 0 Å². The molecular formula is C15H30O. The maximum Gasteiger partial charge on any atom is 0.0433 e. The molecule has 0 aromatic rings. The van der Waals surface area contributed by atoms with Gasteiger partial charge in [0.25, 0.3) is 0 Å². The van der Waals surface area contributed by atoms with Crippen LogP contribution in [-0.4, -0.2) is 11.7 Å². The Balaban J connectivity index is 2.20. The molecule has 0 saturated heterocycles. The summed E-state index contributed by atoms with van der Waals surface area (Å²) in [6, 6.07) is 0. The summed E-state index contributed by atoms with van der Waals surface area (Å²) in [6.07, 6.45) is 18.1. The number of hydrogen-bond donors (Lipinski definition) is 1. The maximum atomic E-state index is 9.05. The van der Waals surface area contributed by atoms with Crippen molar-refractivity contribution in [3.8, 4) is 0 Å². The average molecular weight is 226 g/mol. The minimum atomic E-state index is 0.394. The first-order chi connectivity index (χ1) is 7.93. The van der Waals surface area contributed by atoms with Crippen molar-refractivity contribution in [1.29, 1.82) is 0 Å². The Morgan fingerprint density at radius 2 is 1.00 bits per heavy atom. The van der Waals surface area contributed by atoms with Crippen LogP contribution in [0.1, 0.15) is 83.5 Å².